The van der Waals surface area contributed by atoms with Gasteiger partial charge in [0.1, 0.15) is 0 Å². The Morgan fingerprint density at radius 1 is 0.806 bits per heavy atom. The molecule has 1 saturated heterocycles. The van der Waals surface area contributed by atoms with Gasteiger partial charge in [0.25, 0.3) is 0 Å². The lowest BCUT2D eigenvalue weighted by molar-refractivity contribution is -0.00383. The van der Waals surface area contributed by atoms with Crippen LogP contribution in [0.2, 0.25) is 36.3 Å². The van der Waals surface area contributed by atoms with Crippen LogP contribution in [0.3, 0.4) is 0 Å². The maximum atomic E-state index is 7.17. The predicted molar refractivity (Wildman–Crippen MR) is 151 cm³/mol. The van der Waals surface area contributed by atoms with Crippen LogP contribution >= 0.6 is 23.5 Å². The third-order valence-corrected chi connectivity index (χ3v) is 19.6. The van der Waals surface area contributed by atoms with E-state index < -0.39 is 16.6 Å². The molecule has 1 aliphatic heterocycles. The molecular formula is C25H54O2S2Si2. The van der Waals surface area contributed by atoms with Crippen LogP contribution in [0.15, 0.2) is 0 Å². The lowest BCUT2D eigenvalue weighted by atomic mass is 9.93. The number of hydrogen-bond donors (Lipinski definition) is 0. The molecule has 0 aliphatic carbocycles. The molecule has 1 rings (SSSR count). The van der Waals surface area contributed by atoms with E-state index in [1.807, 2.05) is 0 Å². The van der Waals surface area contributed by atoms with Crippen molar-refractivity contribution in [1.29, 1.82) is 0 Å². The first kappa shape index (κ1) is 30.1. The highest BCUT2D eigenvalue weighted by atomic mass is 32.2. The minimum absolute atomic E-state index is 0.170. The Kier molecular flexibility index (Phi) is 11.3. The van der Waals surface area contributed by atoms with Crippen LogP contribution < -0.4 is 0 Å². The molecule has 31 heavy (non-hydrogen) atoms. The molecule has 0 saturated carbocycles. The number of rotatable bonds is 10. The van der Waals surface area contributed by atoms with Crippen molar-refractivity contribution in [2.24, 2.45) is 11.8 Å². The van der Waals surface area contributed by atoms with Gasteiger partial charge < -0.3 is 8.85 Å². The molecule has 2 nitrogen and oxygen atoms in total. The van der Waals surface area contributed by atoms with Gasteiger partial charge in [-0.3, -0.25) is 0 Å². The second-order valence-electron chi connectivity index (χ2n) is 13.1. The van der Waals surface area contributed by atoms with E-state index in [1.165, 1.54) is 24.3 Å². The standard InChI is InChI=1S/C25H54O2S2Si2/c1-19(2)23(27-31(12,13)25(7,8)9)21(26-30(10,11)24(4,5)6)17-20(3)18-22-28-15-14-16-29-22/h19-23H,14-18H2,1-13H3/t20-,21-,23-/m1/s1. The average Bonchev–Trinajstić information content (AvgIpc) is 2.57. The van der Waals surface area contributed by atoms with Crippen LogP contribution in [0.4, 0.5) is 0 Å². The second-order valence-corrected chi connectivity index (χ2v) is 25.5. The fourth-order valence-electron chi connectivity index (χ4n) is 3.46. The van der Waals surface area contributed by atoms with Gasteiger partial charge in [0, 0.05) is 0 Å². The molecule has 0 radical (unpaired) electrons. The minimum atomic E-state index is -1.89. The summed E-state index contributed by atoms with van der Waals surface area (Å²) >= 11 is 4.34. The largest absolute Gasteiger partial charge is 0.411 e. The summed E-state index contributed by atoms with van der Waals surface area (Å²) in [5, 5.41) is 0.421. The van der Waals surface area contributed by atoms with E-state index >= 15 is 0 Å². The molecule has 0 spiro atoms. The maximum absolute atomic E-state index is 7.17. The lowest BCUT2D eigenvalue weighted by Gasteiger charge is -2.47. The van der Waals surface area contributed by atoms with Gasteiger partial charge in [-0.15, -0.1) is 23.5 Å². The van der Waals surface area contributed by atoms with Crippen LogP contribution in [0.1, 0.15) is 81.6 Å². The number of hydrogen-bond acceptors (Lipinski definition) is 4. The molecule has 0 bridgehead atoms. The SMILES string of the molecule is CC(C)[C@@H](O[Si](C)(C)C(C)(C)C)[C@@H](C[C@@H](C)CC1SCCCS1)O[Si](C)(C)C(C)(C)C. The maximum Gasteiger partial charge on any atom is 0.192 e. The van der Waals surface area contributed by atoms with Crippen molar-refractivity contribution in [2.75, 3.05) is 11.5 Å². The summed E-state index contributed by atoms with van der Waals surface area (Å²) in [6.45, 7) is 30.8. The molecule has 0 aromatic rings. The summed E-state index contributed by atoms with van der Waals surface area (Å²) in [6, 6.07) is 0. The van der Waals surface area contributed by atoms with Crippen molar-refractivity contribution in [3.63, 3.8) is 0 Å². The predicted octanol–water partition coefficient (Wildman–Crippen LogP) is 9.04. The van der Waals surface area contributed by atoms with E-state index in [1.54, 1.807) is 0 Å². The van der Waals surface area contributed by atoms with Crippen molar-refractivity contribution in [1.82, 2.24) is 0 Å². The van der Waals surface area contributed by atoms with Crippen molar-refractivity contribution < 1.29 is 8.85 Å². The van der Waals surface area contributed by atoms with Gasteiger partial charge in [0.05, 0.1) is 16.8 Å². The highest BCUT2D eigenvalue weighted by Gasteiger charge is 2.45. The second kappa shape index (κ2) is 11.7. The zero-order valence-corrected chi connectivity index (χ0v) is 26.7. The Morgan fingerprint density at radius 2 is 1.26 bits per heavy atom. The van der Waals surface area contributed by atoms with Gasteiger partial charge in [-0.25, -0.2) is 0 Å². The first-order chi connectivity index (χ1) is 13.9. The minimum Gasteiger partial charge on any atom is -0.411 e. The summed E-state index contributed by atoms with van der Waals surface area (Å²) < 4.78 is 15.0. The highest BCUT2D eigenvalue weighted by molar-refractivity contribution is 8.17. The van der Waals surface area contributed by atoms with Crippen molar-refractivity contribution in [3.05, 3.63) is 0 Å². The van der Waals surface area contributed by atoms with E-state index in [9.17, 15) is 0 Å². The normalized spacial score (nSPS) is 20.7. The first-order valence-electron chi connectivity index (χ1n) is 12.5. The number of thioether (sulfide) groups is 2. The molecule has 0 aromatic carbocycles. The van der Waals surface area contributed by atoms with Crippen LogP contribution in [0.5, 0.6) is 0 Å². The van der Waals surface area contributed by atoms with E-state index in [4.69, 9.17) is 8.85 Å². The molecule has 6 heteroatoms. The quantitative estimate of drug-likeness (QED) is 0.275. The summed E-state index contributed by atoms with van der Waals surface area (Å²) in [5.74, 6) is 3.77. The third-order valence-electron chi connectivity index (χ3n) is 7.64. The zero-order valence-electron chi connectivity index (χ0n) is 23.1. The molecule has 0 aromatic heterocycles. The molecule has 0 unspecified atom stereocenters. The Bertz CT molecular complexity index is 533. The summed E-state index contributed by atoms with van der Waals surface area (Å²) in [5.41, 5.74) is 0. The monoisotopic (exact) mass is 506 g/mol. The van der Waals surface area contributed by atoms with Gasteiger partial charge in [-0.05, 0) is 78.9 Å². The van der Waals surface area contributed by atoms with E-state index in [0.717, 1.165) is 11.0 Å². The average molecular weight is 507 g/mol. The van der Waals surface area contributed by atoms with Crippen LogP contribution in [0, 0.1) is 11.8 Å². The molecule has 1 fully saturated rings. The van der Waals surface area contributed by atoms with Gasteiger partial charge in [0.15, 0.2) is 16.6 Å². The van der Waals surface area contributed by atoms with Gasteiger partial charge in [-0.2, -0.15) is 0 Å². The van der Waals surface area contributed by atoms with Crippen molar-refractivity contribution in [2.45, 2.75) is 135 Å². The molecule has 0 N–H and O–H groups in total. The molecule has 0 amide bonds. The molecule has 1 aliphatic rings. The summed E-state index contributed by atoms with van der Waals surface area (Å²) in [4.78, 5) is 0. The molecule has 3 atom stereocenters. The van der Waals surface area contributed by atoms with Gasteiger partial charge in [-0.1, -0.05) is 62.3 Å². The van der Waals surface area contributed by atoms with Crippen LogP contribution in [-0.2, 0) is 8.85 Å². The zero-order chi connectivity index (χ0) is 24.3. The lowest BCUT2D eigenvalue weighted by Crippen LogP contribution is -2.53. The van der Waals surface area contributed by atoms with E-state index in [2.05, 4.69) is 112 Å². The summed E-state index contributed by atoms with van der Waals surface area (Å²) in [6.07, 6.45) is 4.12. The van der Waals surface area contributed by atoms with E-state index in [-0.39, 0.29) is 22.3 Å². The Labute approximate surface area is 206 Å². The first-order valence-corrected chi connectivity index (χ1v) is 20.4. The van der Waals surface area contributed by atoms with Gasteiger partial charge in [0.2, 0.25) is 0 Å². The topological polar surface area (TPSA) is 18.5 Å². The molecule has 186 valence electrons. The van der Waals surface area contributed by atoms with E-state index in [0.29, 0.717) is 11.8 Å². The molecular weight excluding hydrogens is 453 g/mol. The third kappa shape index (κ3) is 9.31. The fraction of sp³-hybridized carbons (Fsp3) is 1.00. The van der Waals surface area contributed by atoms with Gasteiger partial charge >= 0.3 is 0 Å². The summed E-state index contributed by atoms with van der Waals surface area (Å²) in [7, 11) is -3.77. The smallest absolute Gasteiger partial charge is 0.192 e. The van der Waals surface area contributed by atoms with Crippen LogP contribution in [0.25, 0.3) is 0 Å². The van der Waals surface area contributed by atoms with Crippen LogP contribution in [-0.4, -0.2) is 44.9 Å². The fourth-order valence-corrected chi connectivity index (χ4v) is 9.48. The Morgan fingerprint density at radius 3 is 1.68 bits per heavy atom. The highest BCUT2D eigenvalue weighted by Crippen LogP contribution is 2.43. The Balaban J connectivity index is 3.12. The van der Waals surface area contributed by atoms with Crippen molar-refractivity contribution >= 4 is 40.2 Å². The Hall–Kier alpha value is 1.05. The van der Waals surface area contributed by atoms with Crippen molar-refractivity contribution in [3.8, 4) is 0 Å². The molecule has 1 heterocycles.